The molecule has 0 N–H and O–H groups in total. The topological polar surface area (TPSA) is 52.0 Å². The smallest absolute Gasteiger partial charge is 0.142 e. The molecule has 0 radical (unpaired) electrons. The minimum atomic E-state index is 0.290. The van der Waals surface area contributed by atoms with Gasteiger partial charge in [0.05, 0.1) is 6.04 Å². The molecule has 4 heteroatoms. The fourth-order valence-electron chi connectivity index (χ4n) is 4.14. The lowest BCUT2D eigenvalue weighted by Gasteiger charge is -2.29. The SMILES string of the molecule is O=C/C=C/C1CCCCC1.O=CCC(C1CCCCC1)n1cccn1. The summed E-state index contributed by atoms with van der Waals surface area (Å²) in [7, 11) is 0. The molecule has 1 unspecified atom stereocenters. The van der Waals surface area contributed by atoms with Crippen molar-refractivity contribution in [1.82, 2.24) is 9.78 Å². The molecule has 2 aliphatic rings. The lowest BCUT2D eigenvalue weighted by atomic mass is 9.83. The average Bonchev–Trinajstić information content (AvgIpc) is 3.21. The van der Waals surface area contributed by atoms with Crippen LogP contribution in [-0.4, -0.2) is 22.4 Å². The van der Waals surface area contributed by atoms with E-state index in [0.717, 1.165) is 12.6 Å². The van der Waals surface area contributed by atoms with Crippen LogP contribution in [0, 0.1) is 11.8 Å². The van der Waals surface area contributed by atoms with E-state index in [-0.39, 0.29) is 6.04 Å². The summed E-state index contributed by atoms with van der Waals surface area (Å²) in [5, 5.41) is 4.27. The molecule has 2 aliphatic carbocycles. The highest BCUT2D eigenvalue weighted by Crippen LogP contribution is 2.33. The van der Waals surface area contributed by atoms with Crippen LogP contribution < -0.4 is 0 Å². The monoisotopic (exact) mass is 344 g/mol. The lowest BCUT2D eigenvalue weighted by molar-refractivity contribution is -0.109. The highest BCUT2D eigenvalue weighted by Gasteiger charge is 2.24. The maximum absolute atomic E-state index is 10.7. The van der Waals surface area contributed by atoms with Crippen molar-refractivity contribution in [2.24, 2.45) is 11.8 Å². The molecule has 1 atom stereocenters. The molecule has 0 saturated heterocycles. The fraction of sp³-hybridized carbons (Fsp3) is 0.667. The first-order valence-corrected chi connectivity index (χ1v) is 9.90. The van der Waals surface area contributed by atoms with E-state index in [9.17, 15) is 9.59 Å². The highest BCUT2D eigenvalue weighted by molar-refractivity contribution is 5.64. The maximum Gasteiger partial charge on any atom is 0.142 e. The summed E-state index contributed by atoms with van der Waals surface area (Å²) in [6, 6.07) is 2.22. The van der Waals surface area contributed by atoms with Gasteiger partial charge in [-0.15, -0.1) is 0 Å². The van der Waals surface area contributed by atoms with E-state index in [2.05, 4.69) is 5.10 Å². The number of nitrogens with zero attached hydrogens (tertiary/aromatic N) is 2. The number of carbonyl (C=O) groups is 2. The molecule has 0 amide bonds. The molecule has 1 aromatic heterocycles. The third kappa shape index (κ3) is 6.97. The first kappa shape index (κ1) is 19.6. The Bertz CT molecular complexity index is 498. The number of rotatable bonds is 6. The van der Waals surface area contributed by atoms with Crippen molar-refractivity contribution in [1.29, 1.82) is 0 Å². The van der Waals surface area contributed by atoms with Gasteiger partial charge < -0.3 is 4.79 Å². The largest absolute Gasteiger partial charge is 0.303 e. The molecule has 0 spiro atoms. The second kappa shape index (κ2) is 11.8. The van der Waals surface area contributed by atoms with E-state index in [1.807, 2.05) is 23.0 Å². The van der Waals surface area contributed by atoms with Crippen molar-refractivity contribution in [3.63, 3.8) is 0 Å². The molecule has 0 aliphatic heterocycles. The van der Waals surface area contributed by atoms with Gasteiger partial charge in [-0.3, -0.25) is 9.48 Å². The first-order chi connectivity index (χ1) is 12.3. The van der Waals surface area contributed by atoms with Crippen LogP contribution in [0.4, 0.5) is 0 Å². The zero-order valence-electron chi connectivity index (χ0n) is 15.3. The molecule has 0 bridgehead atoms. The summed E-state index contributed by atoms with van der Waals surface area (Å²) in [6.07, 6.45) is 23.0. The Kier molecular flexibility index (Phi) is 9.24. The number of aldehydes is 2. The lowest BCUT2D eigenvalue weighted by Crippen LogP contribution is -2.22. The van der Waals surface area contributed by atoms with E-state index >= 15 is 0 Å². The molecule has 2 saturated carbocycles. The van der Waals surface area contributed by atoms with Gasteiger partial charge in [-0.2, -0.15) is 5.10 Å². The van der Waals surface area contributed by atoms with Crippen molar-refractivity contribution in [2.75, 3.05) is 0 Å². The Morgan fingerprint density at radius 1 is 1.00 bits per heavy atom. The Balaban J connectivity index is 0.000000196. The van der Waals surface area contributed by atoms with Gasteiger partial charge in [0.15, 0.2) is 0 Å². The zero-order valence-corrected chi connectivity index (χ0v) is 15.3. The molecule has 4 nitrogen and oxygen atoms in total. The normalized spacial score (nSPS) is 20.6. The second-order valence-corrected chi connectivity index (χ2v) is 7.27. The third-order valence-corrected chi connectivity index (χ3v) is 5.51. The van der Waals surface area contributed by atoms with E-state index in [1.165, 1.54) is 64.2 Å². The number of hydrogen-bond donors (Lipinski definition) is 0. The van der Waals surface area contributed by atoms with Gasteiger partial charge in [-0.05, 0) is 49.7 Å². The molecule has 0 aromatic carbocycles. The van der Waals surface area contributed by atoms with Gasteiger partial charge in [0, 0.05) is 18.8 Å². The van der Waals surface area contributed by atoms with Crippen LogP contribution in [0.15, 0.2) is 30.6 Å². The van der Waals surface area contributed by atoms with E-state index < -0.39 is 0 Å². The van der Waals surface area contributed by atoms with Gasteiger partial charge in [0.1, 0.15) is 12.6 Å². The molecule has 25 heavy (non-hydrogen) atoms. The Morgan fingerprint density at radius 3 is 2.24 bits per heavy atom. The first-order valence-electron chi connectivity index (χ1n) is 9.90. The average molecular weight is 344 g/mol. The summed E-state index contributed by atoms with van der Waals surface area (Å²) in [5.74, 6) is 1.34. The second-order valence-electron chi connectivity index (χ2n) is 7.27. The summed E-state index contributed by atoms with van der Waals surface area (Å²) >= 11 is 0. The van der Waals surface area contributed by atoms with Crippen molar-refractivity contribution in [3.8, 4) is 0 Å². The molecule has 1 aromatic rings. The summed E-state index contributed by atoms with van der Waals surface area (Å²) in [5.41, 5.74) is 0. The molecular formula is C21H32N2O2. The van der Waals surface area contributed by atoms with Crippen LogP contribution in [0.3, 0.4) is 0 Å². The quantitative estimate of drug-likeness (QED) is 0.544. The van der Waals surface area contributed by atoms with Crippen LogP contribution in [0.5, 0.6) is 0 Å². The minimum Gasteiger partial charge on any atom is -0.303 e. The van der Waals surface area contributed by atoms with E-state index in [1.54, 1.807) is 12.3 Å². The van der Waals surface area contributed by atoms with Crippen LogP contribution in [0.1, 0.15) is 76.7 Å². The van der Waals surface area contributed by atoms with Crippen molar-refractivity contribution < 1.29 is 9.59 Å². The van der Waals surface area contributed by atoms with E-state index in [0.29, 0.717) is 18.3 Å². The maximum atomic E-state index is 10.7. The van der Waals surface area contributed by atoms with Crippen LogP contribution in [-0.2, 0) is 9.59 Å². The van der Waals surface area contributed by atoms with Gasteiger partial charge in [-0.25, -0.2) is 0 Å². The Morgan fingerprint density at radius 2 is 1.68 bits per heavy atom. The summed E-state index contributed by atoms with van der Waals surface area (Å²) < 4.78 is 1.96. The third-order valence-electron chi connectivity index (χ3n) is 5.51. The minimum absolute atomic E-state index is 0.290. The Hall–Kier alpha value is -1.71. The van der Waals surface area contributed by atoms with Crippen molar-refractivity contribution >= 4 is 12.6 Å². The number of hydrogen-bond acceptors (Lipinski definition) is 3. The zero-order chi connectivity index (χ0) is 17.7. The fourth-order valence-corrected chi connectivity index (χ4v) is 4.14. The standard InChI is InChI=1S/C12H18N2O.C9H14O/c15-10-7-12(14-9-4-8-13-14)11-5-2-1-3-6-11;10-8-4-7-9-5-2-1-3-6-9/h4,8-12H,1-3,5-7H2;4,7-9H,1-3,5-6H2/b;7-4+. The van der Waals surface area contributed by atoms with Crippen LogP contribution in [0.2, 0.25) is 0 Å². The van der Waals surface area contributed by atoms with Crippen LogP contribution >= 0.6 is 0 Å². The van der Waals surface area contributed by atoms with Gasteiger partial charge >= 0.3 is 0 Å². The predicted molar refractivity (Wildman–Crippen MR) is 100 cm³/mol. The Labute approximate surface area is 151 Å². The highest BCUT2D eigenvalue weighted by atomic mass is 16.1. The summed E-state index contributed by atoms with van der Waals surface area (Å²) in [6.45, 7) is 0. The van der Waals surface area contributed by atoms with E-state index in [4.69, 9.17) is 0 Å². The van der Waals surface area contributed by atoms with Gasteiger partial charge in [0.25, 0.3) is 0 Å². The van der Waals surface area contributed by atoms with Gasteiger partial charge in [0.2, 0.25) is 0 Å². The van der Waals surface area contributed by atoms with Crippen LogP contribution in [0.25, 0.3) is 0 Å². The summed E-state index contributed by atoms with van der Waals surface area (Å²) in [4.78, 5) is 20.7. The molecule has 2 fully saturated rings. The molecular weight excluding hydrogens is 312 g/mol. The van der Waals surface area contributed by atoms with Crippen molar-refractivity contribution in [3.05, 3.63) is 30.6 Å². The number of carbonyl (C=O) groups excluding carboxylic acids is 2. The number of aromatic nitrogens is 2. The molecule has 3 rings (SSSR count). The number of allylic oxidation sites excluding steroid dienone is 2. The molecule has 138 valence electrons. The van der Waals surface area contributed by atoms with Gasteiger partial charge in [-0.1, -0.05) is 44.6 Å². The van der Waals surface area contributed by atoms with Crippen molar-refractivity contribution in [2.45, 2.75) is 76.7 Å². The predicted octanol–water partition coefficient (Wildman–Crippen LogP) is 4.92. The molecule has 1 heterocycles.